The van der Waals surface area contributed by atoms with Crippen molar-refractivity contribution in [3.63, 3.8) is 0 Å². The van der Waals surface area contributed by atoms with E-state index in [9.17, 15) is 4.79 Å². The lowest BCUT2D eigenvalue weighted by Crippen LogP contribution is -2.11. The molecule has 0 aliphatic carbocycles. The van der Waals surface area contributed by atoms with Crippen molar-refractivity contribution in [2.75, 3.05) is 13.2 Å². The van der Waals surface area contributed by atoms with Gasteiger partial charge in [0.1, 0.15) is 12.7 Å². The number of aryl methyl sites for hydroxylation is 1. The van der Waals surface area contributed by atoms with Crippen LogP contribution in [0.25, 0.3) is 5.57 Å². The van der Waals surface area contributed by atoms with Crippen molar-refractivity contribution in [3.05, 3.63) is 42.0 Å². The Morgan fingerprint density at radius 2 is 2.25 bits per heavy atom. The van der Waals surface area contributed by atoms with Gasteiger partial charge in [-0.15, -0.1) is 0 Å². The van der Waals surface area contributed by atoms with Gasteiger partial charge in [0.05, 0.1) is 12.2 Å². The second kappa shape index (κ2) is 4.49. The molecule has 0 amide bonds. The van der Waals surface area contributed by atoms with Gasteiger partial charge in [-0.05, 0) is 18.1 Å². The van der Waals surface area contributed by atoms with E-state index in [2.05, 4.69) is 6.58 Å². The fraction of sp³-hybridized carbons (Fsp3) is 0.308. The molecule has 16 heavy (non-hydrogen) atoms. The molecule has 1 heterocycles. The van der Waals surface area contributed by atoms with Crippen molar-refractivity contribution < 1.29 is 14.3 Å². The van der Waals surface area contributed by atoms with Crippen LogP contribution in [0.1, 0.15) is 11.1 Å². The van der Waals surface area contributed by atoms with E-state index in [1.165, 1.54) is 0 Å². The molecule has 0 radical (unpaired) electrons. The van der Waals surface area contributed by atoms with Gasteiger partial charge in [0.2, 0.25) is 0 Å². The molecule has 0 bridgehead atoms. The molecule has 0 aromatic heterocycles. The van der Waals surface area contributed by atoms with E-state index in [1.807, 2.05) is 31.2 Å². The van der Waals surface area contributed by atoms with Crippen molar-refractivity contribution in [2.24, 2.45) is 0 Å². The normalized spacial score (nSPS) is 17.9. The molecule has 3 nitrogen and oxygen atoms in total. The molecular formula is C13H14O3. The zero-order valence-electron chi connectivity index (χ0n) is 9.23. The van der Waals surface area contributed by atoms with E-state index in [4.69, 9.17) is 9.47 Å². The van der Waals surface area contributed by atoms with Gasteiger partial charge in [-0.25, -0.2) is 4.79 Å². The summed E-state index contributed by atoms with van der Waals surface area (Å²) in [6.45, 7) is 6.72. The first-order chi connectivity index (χ1) is 7.68. The van der Waals surface area contributed by atoms with Crippen molar-refractivity contribution in [2.45, 2.75) is 13.0 Å². The van der Waals surface area contributed by atoms with Crippen LogP contribution in [0, 0.1) is 6.92 Å². The first kappa shape index (κ1) is 10.9. The summed E-state index contributed by atoms with van der Waals surface area (Å²) < 4.78 is 10.0. The second-order valence-electron chi connectivity index (χ2n) is 3.85. The predicted molar refractivity (Wildman–Crippen MR) is 60.9 cm³/mol. The summed E-state index contributed by atoms with van der Waals surface area (Å²) in [7, 11) is 0. The Hall–Kier alpha value is -1.61. The molecule has 1 aliphatic rings. The summed E-state index contributed by atoms with van der Waals surface area (Å²) >= 11 is 0. The Kier molecular flexibility index (Phi) is 3.06. The minimum absolute atomic E-state index is 0.0913. The third-order valence-corrected chi connectivity index (χ3v) is 2.52. The molecule has 1 fully saturated rings. The zero-order chi connectivity index (χ0) is 11.5. The van der Waals surface area contributed by atoms with Crippen molar-refractivity contribution >= 4 is 11.5 Å². The largest absolute Gasteiger partial charge is 0.459 e. The number of rotatable bonds is 4. The minimum atomic E-state index is -0.371. The van der Waals surface area contributed by atoms with Gasteiger partial charge in [-0.3, -0.25) is 0 Å². The summed E-state index contributed by atoms with van der Waals surface area (Å²) in [5.41, 5.74) is 2.26. The molecule has 84 valence electrons. The lowest BCUT2D eigenvalue weighted by molar-refractivity contribution is -0.137. The fourth-order valence-corrected chi connectivity index (χ4v) is 1.44. The molecule has 0 saturated carbocycles. The summed E-state index contributed by atoms with van der Waals surface area (Å²) in [5.74, 6) is -0.371. The zero-order valence-corrected chi connectivity index (χ0v) is 9.23. The number of ether oxygens (including phenoxy) is 2. The van der Waals surface area contributed by atoms with Crippen molar-refractivity contribution in [1.82, 2.24) is 0 Å². The van der Waals surface area contributed by atoms with Gasteiger partial charge < -0.3 is 9.47 Å². The first-order valence-corrected chi connectivity index (χ1v) is 5.22. The number of epoxide rings is 1. The van der Waals surface area contributed by atoms with Gasteiger partial charge in [-0.1, -0.05) is 30.8 Å². The van der Waals surface area contributed by atoms with Crippen molar-refractivity contribution in [3.8, 4) is 0 Å². The predicted octanol–water partition coefficient (Wildman–Crippen LogP) is 1.95. The Morgan fingerprint density at radius 1 is 1.56 bits per heavy atom. The van der Waals surface area contributed by atoms with Gasteiger partial charge in [-0.2, -0.15) is 0 Å². The van der Waals surface area contributed by atoms with Crippen LogP contribution >= 0.6 is 0 Å². The highest BCUT2D eigenvalue weighted by Gasteiger charge is 2.25. The van der Waals surface area contributed by atoms with Crippen LogP contribution in [0.3, 0.4) is 0 Å². The van der Waals surface area contributed by atoms with Crippen LogP contribution in [0.4, 0.5) is 0 Å². The fourth-order valence-electron chi connectivity index (χ4n) is 1.44. The van der Waals surface area contributed by atoms with Crippen LogP contribution in [0.5, 0.6) is 0 Å². The molecule has 2 rings (SSSR count). The van der Waals surface area contributed by atoms with E-state index < -0.39 is 0 Å². The quantitative estimate of drug-likeness (QED) is 0.440. The van der Waals surface area contributed by atoms with E-state index >= 15 is 0 Å². The van der Waals surface area contributed by atoms with Crippen LogP contribution in [0.15, 0.2) is 30.8 Å². The van der Waals surface area contributed by atoms with Crippen molar-refractivity contribution in [1.29, 1.82) is 0 Å². The van der Waals surface area contributed by atoms with Gasteiger partial charge in [0.25, 0.3) is 0 Å². The minimum Gasteiger partial charge on any atom is -0.459 e. The van der Waals surface area contributed by atoms with Crippen LogP contribution in [-0.4, -0.2) is 25.3 Å². The SMILES string of the molecule is C=C(C(=O)OCC1CO1)c1ccccc1C. The average Bonchev–Trinajstić information content (AvgIpc) is 3.09. The number of esters is 1. The molecular weight excluding hydrogens is 204 g/mol. The molecule has 3 heteroatoms. The lowest BCUT2D eigenvalue weighted by Gasteiger charge is -2.08. The molecule has 1 saturated heterocycles. The molecule has 1 aliphatic heterocycles. The molecule has 0 spiro atoms. The van der Waals surface area contributed by atoms with E-state index in [0.29, 0.717) is 18.8 Å². The number of hydrogen-bond acceptors (Lipinski definition) is 3. The number of benzene rings is 1. The smallest absolute Gasteiger partial charge is 0.338 e. The third-order valence-electron chi connectivity index (χ3n) is 2.52. The Bertz CT molecular complexity index is 419. The maximum atomic E-state index is 11.7. The van der Waals surface area contributed by atoms with E-state index in [0.717, 1.165) is 11.1 Å². The Morgan fingerprint density at radius 3 is 2.88 bits per heavy atom. The summed E-state index contributed by atoms with van der Waals surface area (Å²) in [6.07, 6.45) is 0.0913. The number of hydrogen-bond donors (Lipinski definition) is 0. The number of carbonyl (C=O) groups excluding carboxylic acids is 1. The number of carbonyl (C=O) groups is 1. The maximum absolute atomic E-state index is 11.7. The van der Waals surface area contributed by atoms with Gasteiger partial charge in [0, 0.05) is 0 Å². The Labute approximate surface area is 94.7 Å². The lowest BCUT2D eigenvalue weighted by atomic mass is 10.0. The summed E-state index contributed by atoms with van der Waals surface area (Å²) in [4.78, 5) is 11.7. The van der Waals surface area contributed by atoms with E-state index in [1.54, 1.807) is 0 Å². The monoisotopic (exact) mass is 218 g/mol. The molecule has 1 aromatic rings. The van der Waals surface area contributed by atoms with E-state index in [-0.39, 0.29) is 12.1 Å². The topological polar surface area (TPSA) is 38.8 Å². The summed E-state index contributed by atoms with van der Waals surface area (Å²) in [5, 5.41) is 0. The third kappa shape index (κ3) is 2.49. The maximum Gasteiger partial charge on any atom is 0.338 e. The van der Waals surface area contributed by atoms with Crippen LogP contribution < -0.4 is 0 Å². The highest BCUT2D eigenvalue weighted by Crippen LogP contribution is 2.19. The standard InChI is InChI=1S/C13H14O3/c1-9-5-3-4-6-12(9)10(2)13(14)16-8-11-7-15-11/h3-6,11H,2,7-8H2,1H3. The van der Waals surface area contributed by atoms with Gasteiger partial charge in [0.15, 0.2) is 0 Å². The van der Waals surface area contributed by atoms with Gasteiger partial charge >= 0.3 is 5.97 Å². The van der Waals surface area contributed by atoms with Crippen LogP contribution in [0.2, 0.25) is 0 Å². The average molecular weight is 218 g/mol. The second-order valence-corrected chi connectivity index (χ2v) is 3.85. The van der Waals surface area contributed by atoms with Crippen LogP contribution in [-0.2, 0) is 14.3 Å². The molecule has 1 atom stereocenters. The molecule has 1 aromatic carbocycles. The molecule has 1 unspecified atom stereocenters. The highest BCUT2D eigenvalue weighted by atomic mass is 16.6. The highest BCUT2D eigenvalue weighted by molar-refractivity contribution is 6.16. The Balaban J connectivity index is 2.00. The molecule has 0 N–H and O–H groups in total. The first-order valence-electron chi connectivity index (χ1n) is 5.22. The summed E-state index contributed by atoms with van der Waals surface area (Å²) in [6, 6.07) is 7.62.